The minimum Gasteiger partial charge on any atom is -0.478 e. The van der Waals surface area contributed by atoms with E-state index in [9.17, 15) is 9.90 Å². The van der Waals surface area contributed by atoms with E-state index in [2.05, 4.69) is 15.3 Å². The van der Waals surface area contributed by atoms with E-state index >= 15 is 0 Å². The Kier molecular flexibility index (Phi) is 5.51. The number of carboxylic acid groups (broad SMARTS) is 1. The quantitative estimate of drug-likeness (QED) is 0.597. The Morgan fingerprint density at radius 3 is 3.00 bits per heavy atom. The van der Waals surface area contributed by atoms with Crippen LogP contribution in [-0.2, 0) is 6.54 Å². The number of hydrogen-bond donors (Lipinski definition) is 3. The predicted octanol–water partition coefficient (Wildman–Crippen LogP) is 0.425. The zero-order chi connectivity index (χ0) is 12.7. The lowest BCUT2D eigenvalue weighted by molar-refractivity contribution is 0.0694. The maximum atomic E-state index is 10.9. The first-order chi connectivity index (χ1) is 8.15. The van der Waals surface area contributed by atoms with Gasteiger partial charge in [-0.05, 0) is 19.4 Å². The molecule has 0 spiro atoms. The van der Waals surface area contributed by atoms with Crippen LogP contribution in [0.1, 0.15) is 35.8 Å². The Morgan fingerprint density at radius 2 is 2.35 bits per heavy atom. The van der Waals surface area contributed by atoms with Gasteiger partial charge in [0.15, 0.2) is 0 Å². The summed E-state index contributed by atoms with van der Waals surface area (Å²) < 4.78 is 0. The summed E-state index contributed by atoms with van der Waals surface area (Å²) in [4.78, 5) is 18.5. The third-order valence-electron chi connectivity index (χ3n) is 2.44. The van der Waals surface area contributed by atoms with Crippen LogP contribution in [0.2, 0.25) is 0 Å². The molecule has 1 unspecified atom stereocenters. The molecule has 1 heterocycles. The van der Waals surface area contributed by atoms with Gasteiger partial charge < -0.3 is 15.5 Å². The molecule has 1 aromatic heterocycles. The normalized spacial score (nSPS) is 12.4. The summed E-state index contributed by atoms with van der Waals surface area (Å²) in [5.41, 5.74) is 0.564. The molecule has 1 aromatic rings. The van der Waals surface area contributed by atoms with Gasteiger partial charge in [-0.15, -0.1) is 0 Å². The van der Waals surface area contributed by atoms with Crippen LogP contribution in [0.15, 0.2) is 12.5 Å². The molecule has 0 radical (unpaired) electrons. The third kappa shape index (κ3) is 4.46. The van der Waals surface area contributed by atoms with Gasteiger partial charge in [0.2, 0.25) is 0 Å². The predicted molar refractivity (Wildman–Crippen MR) is 61.6 cm³/mol. The Hall–Kier alpha value is -1.53. The number of aromatic carboxylic acids is 1. The SMILES string of the molecule is CCC(O)CCNCc1ncncc1C(=O)O. The lowest BCUT2D eigenvalue weighted by Crippen LogP contribution is -2.21. The Labute approximate surface area is 99.7 Å². The molecule has 17 heavy (non-hydrogen) atoms. The number of aliphatic hydroxyl groups excluding tert-OH is 1. The molecular weight excluding hydrogens is 222 g/mol. The van der Waals surface area contributed by atoms with Crippen LogP contribution in [-0.4, -0.2) is 38.8 Å². The molecule has 1 rings (SSSR count). The van der Waals surface area contributed by atoms with E-state index in [-0.39, 0.29) is 11.7 Å². The molecule has 0 bridgehead atoms. The van der Waals surface area contributed by atoms with Crippen molar-refractivity contribution in [3.8, 4) is 0 Å². The number of hydrogen-bond acceptors (Lipinski definition) is 5. The van der Waals surface area contributed by atoms with E-state index in [0.29, 0.717) is 25.2 Å². The van der Waals surface area contributed by atoms with Gasteiger partial charge in [0, 0.05) is 12.7 Å². The Balaban J connectivity index is 2.44. The van der Waals surface area contributed by atoms with Gasteiger partial charge in [0.1, 0.15) is 11.9 Å². The van der Waals surface area contributed by atoms with Crippen LogP contribution in [0.4, 0.5) is 0 Å². The molecule has 0 aromatic carbocycles. The fourth-order valence-electron chi connectivity index (χ4n) is 1.35. The van der Waals surface area contributed by atoms with Crippen LogP contribution in [0, 0.1) is 0 Å². The van der Waals surface area contributed by atoms with Crippen molar-refractivity contribution in [2.24, 2.45) is 0 Å². The first kappa shape index (κ1) is 13.5. The summed E-state index contributed by atoms with van der Waals surface area (Å²) >= 11 is 0. The molecule has 6 nitrogen and oxygen atoms in total. The minimum atomic E-state index is -1.03. The second-order valence-corrected chi connectivity index (χ2v) is 3.72. The van der Waals surface area contributed by atoms with E-state index in [1.54, 1.807) is 0 Å². The molecule has 3 N–H and O–H groups in total. The topological polar surface area (TPSA) is 95.3 Å². The lowest BCUT2D eigenvalue weighted by Gasteiger charge is -2.09. The molecule has 0 aliphatic heterocycles. The highest BCUT2D eigenvalue weighted by Crippen LogP contribution is 2.03. The van der Waals surface area contributed by atoms with Gasteiger partial charge in [-0.2, -0.15) is 0 Å². The first-order valence-electron chi connectivity index (χ1n) is 5.56. The molecule has 0 aliphatic carbocycles. The second-order valence-electron chi connectivity index (χ2n) is 3.72. The number of carbonyl (C=O) groups is 1. The van der Waals surface area contributed by atoms with Crippen molar-refractivity contribution >= 4 is 5.97 Å². The van der Waals surface area contributed by atoms with Crippen molar-refractivity contribution in [3.05, 3.63) is 23.8 Å². The number of carboxylic acids is 1. The van der Waals surface area contributed by atoms with E-state index in [4.69, 9.17) is 5.11 Å². The van der Waals surface area contributed by atoms with Crippen molar-refractivity contribution in [2.75, 3.05) is 6.54 Å². The van der Waals surface area contributed by atoms with Crippen LogP contribution < -0.4 is 5.32 Å². The van der Waals surface area contributed by atoms with E-state index < -0.39 is 5.97 Å². The van der Waals surface area contributed by atoms with Gasteiger partial charge >= 0.3 is 5.97 Å². The molecule has 6 heteroatoms. The lowest BCUT2D eigenvalue weighted by atomic mass is 10.2. The molecule has 0 saturated carbocycles. The zero-order valence-corrected chi connectivity index (χ0v) is 9.76. The van der Waals surface area contributed by atoms with Gasteiger partial charge in [-0.3, -0.25) is 0 Å². The third-order valence-corrected chi connectivity index (χ3v) is 2.44. The minimum absolute atomic E-state index is 0.107. The number of nitrogens with one attached hydrogen (secondary N) is 1. The highest BCUT2D eigenvalue weighted by molar-refractivity contribution is 5.88. The van der Waals surface area contributed by atoms with Crippen molar-refractivity contribution in [1.82, 2.24) is 15.3 Å². The molecule has 0 amide bonds. The fraction of sp³-hybridized carbons (Fsp3) is 0.545. The van der Waals surface area contributed by atoms with Gasteiger partial charge in [0.05, 0.1) is 11.8 Å². The van der Waals surface area contributed by atoms with Crippen molar-refractivity contribution in [3.63, 3.8) is 0 Å². The van der Waals surface area contributed by atoms with E-state index in [1.165, 1.54) is 12.5 Å². The Bertz CT molecular complexity index is 371. The first-order valence-corrected chi connectivity index (χ1v) is 5.56. The fourth-order valence-corrected chi connectivity index (χ4v) is 1.35. The van der Waals surface area contributed by atoms with Gasteiger partial charge in [-0.1, -0.05) is 6.92 Å². The zero-order valence-electron chi connectivity index (χ0n) is 9.76. The molecule has 0 saturated heterocycles. The van der Waals surface area contributed by atoms with E-state index in [0.717, 1.165) is 6.42 Å². The van der Waals surface area contributed by atoms with Crippen molar-refractivity contribution < 1.29 is 15.0 Å². The number of rotatable bonds is 7. The van der Waals surface area contributed by atoms with E-state index in [1.807, 2.05) is 6.92 Å². The molecule has 0 fully saturated rings. The molecule has 0 aliphatic rings. The van der Waals surface area contributed by atoms with Crippen LogP contribution in [0.25, 0.3) is 0 Å². The number of nitrogens with zero attached hydrogens (tertiary/aromatic N) is 2. The summed E-state index contributed by atoms with van der Waals surface area (Å²) in [7, 11) is 0. The van der Waals surface area contributed by atoms with Gasteiger partial charge in [-0.25, -0.2) is 14.8 Å². The average molecular weight is 239 g/mol. The van der Waals surface area contributed by atoms with Crippen molar-refractivity contribution in [1.29, 1.82) is 0 Å². The largest absolute Gasteiger partial charge is 0.478 e. The maximum absolute atomic E-state index is 10.9. The Morgan fingerprint density at radius 1 is 1.59 bits per heavy atom. The summed E-state index contributed by atoms with van der Waals surface area (Å²) in [6.07, 6.45) is 3.66. The van der Waals surface area contributed by atoms with Crippen molar-refractivity contribution in [2.45, 2.75) is 32.4 Å². The molecule has 1 atom stereocenters. The van der Waals surface area contributed by atoms with Crippen LogP contribution >= 0.6 is 0 Å². The van der Waals surface area contributed by atoms with Crippen LogP contribution in [0.3, 0.4) is 0 Å². The smallest absolute Gasteiger partial charge is 0.339 e. The standard InChI is InChI=1S/C11H17N3O3/c1-2-8(15)3-4-12-6-10-9(11(16)17)5-13-7-14-10/h5,7-8,12,15H,2-4,6H2,1H3,(H,16,17). The number of aromatic nitrogens is 2. The summed E-state index contributed by atoms with van der Waals surface area (Å²) in [5.74, 6) is -1.03. The monoisotopic (exact) mass is 239 g/mol. The maximum Gasteiger partial charge on any atom is 0.339 e. The highest BCUT2D eigenvalue weighted by Gasteiger charge is 2.10. The highest BCUT2D eigenvalue weighted by atomic mass is 16.4. The number of aliphatic hydroxyl groups is 1. The van der Waals surface area contributed by atoms with Crippen LogP contribution in [0.5, 0.6) is 0 Å². The average Bonchev–Trinajstić information content (AvgIpc) is 2.34. The second kappa shape index (κ2) is 6.93. The van der Waals surface area contributed by atoms with Gasteiger partial charge in [0.25, 0.3) is 0 Å². The summed E-state index contributed by atoms with van der Waals surface area (Å²) in [6.45, 7) is 2.90. The summed E-state index contributed by atoms with van der Waals surface area (Å²) in [6, 6.07) is 0. The summed E-state index contributed by atoms with van der Waals surface area (Å²) in [5, 5.41) is 21.3. The molecular formula is C11H17N3O3. The molecule has 94 valence electrons.